The molecule has 1 heterocycles. The van der Waals surface area contributed by atoms with Crippen molar-refractivity contribution in [2.75, 3.05) is 26.4 Å². The van der Waals surface area contributed by atoms with Gasteiger partial charge in [0.25, 0.3) is 0 Å². The largest absolute Gasteiger partial charge is 0.354 e. The summed E-state index contributed by atoms with van der Waals surface area (Å²) >= 11 is 1.66. The second-order valence-electron chi connectivity index (χ2n) is 5.96. The Kier molecular flexibility index (Phi) is 6.85. The zero-order valence-corrected chi connectivity index (χ0v) is 17.0. The monoisotopic (exact) mass is 396 g/mol. The summed E-state index contributed by atoms with van der Waals surface area (Å²) in [5, 5.41) is 7.06. The first-order valence-corrected chi connectivity index (χ1v) is 10.6. The topological polar surface area (TPSA) is 84.3 Å². The number of rotatable bonds is 8. The lowest BCUT2D eigenvalue weighted by Gasteiger charge is -2.11. The molecule has 0 aliphatic rings. The number of carbonyl (C=O) groups excluding carboxylic acids is 1. The van der Waals surface area contributed by atoms with Gasteiger partial charge in [-0.2, -0.15) is 5.10 Å². The van der Waals surface area contributed by atoms with Crippen molar-refractivity contribution in [3.63, 3.8) is 0 Å². The van der Waals surface area contributed by atoms with Crippen LogP contribution in [-0.4, -0.2) is 54.8 Å². The van der Waals surface area contributed by atoms with Crippen molar-refractivity contribution in [2.24, 2.45) is 0 Å². The SMILES string of the molecule is Cc1nn(CC(=O)NCCSc2ccccc2)c(C)c1S(=O)(=O)N(C)C. The summed E-state index contributed by atoms with van der Waals surface area (Å²) in [5.74, 6) is 0.561. The standard InChI is InChI=1S/C17H24N4O3S2/c1-13-17(26(23,24)20(3)4)14(2)21(19-13)12-16(22)18-10-11-25-15-8-6-5-7-9-15/h5-9H,10-12H2,1-4H3,(H,18,22). The highest BCUT2D eigenvalue weighted by atomic mass is 32.2. The number of benzene rings is 1. The van der Waals surface area contributed by atoms with Crippen molar-refractivity contribution in [3.05, 3.63) is 41.7 Å². The number of hydrogen-bond donors (Lipinski definition) is 1. The Hall–Kier alpha value is -1.84. The fraction of sp³-hybridized carbons (Fsp3) is 0.412. The third kappa shape index (κ3) is 4.87. The molecule has 1 N–H and O–H groups in total. The normalized spacial score (nSPS) is 11.7. The van der Waals surface area contributed by atoms with Gasteiger partial charge in [0.05, 0.1) is 11.4 Å². The van der Waals surface area contributed by atoms with Crippen LogP contribution in [0.2, 0.25) is 0 Å². The average Bonchev–Trinajstić information content (AvgIpc) is 2.86. The molecule has 0 fully saturated rings. The van der Waals surface area contributed by atoms with Crippen LogP contribution in [0.1, 0.15) is 11.4 Å². The van der Waals surface area contributed by atoms with Crippen LogP contribution in [0.3, 0.4) is 0 Å². The Balaban J connectivity index is 1.93. The van der Waals surface area contributed by atoms with E-state index in [4.69, 9.17) is 0 Å². The van der Waals surface area contributed by atoms with Crippen LogP contribution < -0.4 is 5.32 Å². The van der Waals surface area contributed by atoms with Crippen LogP contribution in [0.25, 0.3) is 0 Å². The predicted molar refractivity (Wildman–Crippen MR) is 103 cm³/mol. The highest BCUT2D eigenvalue weighted by molar-refractivity contribution is 7.99. The number of carbonyl (C=O) groups is 1. The van der Waals surface area contributed by atoms with E-state index < -0.39 is 10.0 Å². The average molecular weight is 397 g/mol. The van der Waals surface area contributed by atoms with Gasteiger partial charge < -0.3 is 5.32 Å². The molecule has 0 atom stereocenters. The Morgan fingerprint density at radius 3 is 2.50 bits per heavy atom. The maximum absolute atomic E-state index is 12.4. The summed E-state index contributed by atoms with van der Waals surface area (Å²) in [6.45, 7) is 3.81. The van der Waals surface area contributed by atoms with Crippen LogP contribution >= 0.6 is 11.8 Å². The number of thioether (sulfide) groups is 1. The van der Waals surface area contributed by atoms with E-state index in [-0.39, 0.29) is 17.3 Å². The minimum absolute atomic E-state index is 0.00831. The Labute approximate surface area is 158 Å². The molecule has 0 unspecified atom stereocenters. The Morgan fingerprint density at radius 2 is 1.88 bits per heavy atom. The molecule has 1 aromatic carbocycles. The molecule has 0 spiro atoms. The van der Waals surface area contributed by atoms with E-state index in [9.17, 15) is 13.2 Å². The summed E-state index contributed by atoms with van der Waals surface area (Å²) in [7, 11) is -0.640. The van der Waals surface area contributed by atoms with E-state index in [0.717, 1.165) is 15.0 Å². The van der Waals surface area contributed by atoms with Crippen molar-refractivity contribution >= 4 is 27.7 Å². The Morgan fingerprint density at radius 1 is 1.23 bits per heavy atom. The van der Waals surface area contributed by atoms with Crippen LogP contribution in [0.5, 0.6) is 0 Å². The van der Waals surface area contributed by atoms with E-state index in [1.807, 2.05) is 30.3 Å². The minimum Gasteiger partial charge on any atom is -0.354 e. The van der Waals surface area contributed by atoms with Crippen molar-refractivity contribution in [1.29, 1.82) is 0 Å². The number of aryl methyl sites for hydroxylation is 1. The minimum atomic E-state index is -3.59. The highest BCUT2D eigenvalue weighted by Crippen LogP contribution is 2.21. The zero-order chi connectivity index (χ0) is 19.3. The summed E-state index contributed by atoms with van der Waals surface area (Å²) < 4.78 is 27.4. The first kappa shape index (κ1) is 20.5. The van der Waals surface area contributed by atoms with Gasteiger partial charge in [-0.05, 0) is 26.0 Å². The molecule has 0 bridgehead atoms. The summed E-state index contributed by atoms with van der Waals surface area (Å²) in [4.78, 5) is 13.5. The number of aromatic nitrogens is 2. The lowest BCUT2D eigenvalue weighted by Crippen LogP contribution is -2.30. The molecule has 7 nitrogen and oxygen atoms in total. The van der Waals surface area contributed by atoms with Crippen molar-refractivity contribution in [2.45, 2.75) is 30.2 Å². The van der Waals surface area contributed by atoms with Gasteiger partial charge in [0.2, 0.25) is 15.9 Å². The first-order valence-electron chi connectivity index (χ1n) is 8.14. The lowest BCUT2D eigenvalue weighted by atomic mass is 10.4. The van der Waals surface area contributed by atoms with E-state index in [2.05, 4.69) is 10.4 Å². The lowest BCUT2D eigenvalue weighted by molar-refractivity contribution is -0.121. The van der Waals surface area contributed by atoms with Gasteiger partial charge in [0, 0.05) is 31.3 Å². The Bertz CT molecular complexity index is 862. The van der Waals surface area contributed by atoms with Gasteiger partial charge in [-0.3, -0.25) is 9.48 Å². The molecule has 0 radical (unpaired) electrons. The number of sulfonamides is 1. The van der Waals surface area contributed by atoms with Crippen LogP contribution in [0.15, 0.2) is 40.1 Å². The third-order valence-corrected chi connectivity index (χ3v) is 6.87. The van der Waals surface area contributed by atoms with Crippen LogP contribution in [-0.2, 0) is 21.4 Å². The molecule has 2 aromatic rings. The van der Waals surface area contributed by atoms with Crippen LogP contribution in [0, 0.1) is 13.8 Å². The van der Waals surface area contributed by atoms with E-state index in [1.54, 1.807) is 25.6 Å². The molecule has 0 saturated heterocycles. The zero-order valence-electron chi connectivity index (χ0n) is 15.4. The molecule has 0 saturated carbocycles. The fourth-order valence-electron chi connectivity index (χ4n) is 2.46. The third-order valence-electron chi connectivity index (χ3n) is 3.78. The molecule has 1 aromatic heterocycles. The van der Waals surface area contributed by atoms with Gasteiger partial charge in [0.1, 0.15) is 11.4 Å². The highest BCUT2D eigenvalue weighted by Gasteiger charge is 2.27. The molecular formula is C17H24N4O3S2. The van der Waals surface area contributed by atoms with Crippen LogP contribution in [0.4, 0.5) is 0 Å². The number of nitrogens with zero attached hydrogens (tertiary/aromatic N) is 3. The number of hydrogen-bond acceptors (Lipinski definition) is 5. The number of amides is 1. The van der Waals surface area contributed by atoms with E-state index in [0.29, 0.717) is 17.9 Å². The van der Waals surface area contributed by atoms with E-state index in [1.165, 1.54) is 18.8 Å². The first-order chi connectivity index (χ1) is 12.2. The second kappa shape index (κ2) is 8.70. The van der Waals surface area contributed by atoms with Gasteiger partial charge in [0.15, 0.2) is 0 Å². The summed E-state index contributed by atoms with van der Waals surface area (Å²) in [6.07, 6.45) is 0. The number of nitrogens with one attached hydrogen (secondary N) is 1. The van der Waals surface area contributed by atoms with Crippen molar-refractivity contribution in [3.8, 4) is 0 Å². The molecule has 0 aliphatic carbocycles. The van der Waals surface area contributed by atoms with Gasteiger partial charge >= 0.3 is 0 Å². The maximum Gasteiger partial charge on any atom is 0.246 e. The van der Waals surface area contributed by atoms with Gasteiger partial charge in [-0.1, -0.05) is 18.2 Å². The molecule has 0 aliphatic heterocycles. The van der Waals surface area contributed by atoms with E-state index >= 15 is 0 Å². The molecule has 142 valence electrons. The fourth-order valence-corrected chi connectivity index (χ4v) is 4.51. The van der Waals surface area contributed by atoms with Gasteiger partial charge in [-0.15, -0.1) is 11.8 Å². The summed E-state index contributed by atoms with van der Waals surface area (Å²) in [6, 6.07) is 9.96. The quantitative estimate of drug-likeness (QED) is 0.542. The molecular weight excluding hydrogens is 372 g/mol. The van der Waals surface area contributed by atoms with Gasteiger partial charge in [-0.25, -0.2) is 12.7 Å². The molecule has 2 rings (SSSR count). The maximum atomic E-state index is 12.4. The summed E-state index contributed by atoms with van der Waals surface area (Å²) in [5.41, 5.74) is 0.855. The molecule has 26 heavy (non-hydrogen) atoms. The molecule has 9 heteroatoms. The van der Waals surface area contributed by atoms with Crippen molar-refractivity contribution in [1.82, 2.24) is 19.4 Å². The predicted octanol–water partition coefficient (Wildman–Crippen LogP) is 1.66. The smallest absolute Gasteiger partial charge is 0.246 e. The van der Waals surface area contributed by atoms with Crippen molar-refractivity contribution < 1.29 is 13.2 Å². The molecule has 1 amide bonds. The second-order valence-corrected chi connectivity index (χ2v) is 9.21.